The van der Waals surface area contributed by atoms with Crippen molar-refractivity contribution in [3.05, 3.63) is 40.6 Å². The minimum atomic E-state index is 0.939. The molecule has 0 unspecified atom stereocenters. The van der Waals surface area contributed by atoms with Crippen LogP contribution in [0.15, 0.2) is 34.9 Å². The minimum Gasteiger partial charge on any atom is -0.330 e. The molecule has 17 heavy (non-hydrogen) atoms. The summed E-state index contributed by atoms with van der Waals surface area (Å²) in [5.74, 6) is 1.00. The molecule has 2 aromatic rings. The summed E-state index contributed by atoms with van der Waals surface area (Å²) in [6.45, 7) is 0.951. The molecule has 1 heterocycles. The zero-order valence-electron chi connectivity index (χ0n) is 10.1. The number of rotatable bonds is 4. The molecule has 0 aliphatic carbocycles. The summed E-state index contributed by atoms with van der Waals surface area (Å²) in [5.41, 5.74) is 2.37. The molecule has 1 aromatic carbocycles. The van der Waals surface area contributed by atoms with Crippen molar-refractivity contribution >= 4 is 15.9 Å². The van der Waals surface area contributed by atoms with Gasteiger partial charge in [0.05, 0.1) is 5.69 Å². The lowest BCUT2D eigenvalue weighted by atomic mass is 10.2. The zero-order chi connectivity index (χ0) is 12.3. The fraction of sp³-hybridized carbons (Fsp3) is 0.308. The highest BCUT2D eigenvalue weighted by Gasteiger charge is 2.13. The van der Waals surface area contributed by atoms with E-state index in [0.717, 1.165) is 29.0 Å². The number of likely N-dealkylation sites (N-methyl/N-ethyl adjacent to an activating group) is 1. The molecule has 1 N–H and O–H groups in total. The number of hydrogen-bond acceptors (Lipinski definition) is 2. The van der Waals surface area contributed by atoms with Gasteiger partial charge in [0.1, 0.15) is 10.4 Å². The Labute approximate surface area is 110 Å². The average molecular weight is 294 g/mol. The Balaban J connectivity index is 2.37. The van der Waals surface area contributed by atoms with Gasteiger partial charge in [0, 0.05) is 25.6 Å². The second-order valence-corrected chi connectivity index (χ2v) is 4.70. The third-order valence-electron chi connectivity index (χ3n) is 2.81. The van der Waals surface area contributed by atoms with Crippen molar-refractivity contribution in [3.63, 3.8) is 0 Å². The minimum absolute atomic E-state index is 0.939. The van der Waals surface area contributed by atoms with Crippen LogP contribution in [0.3, 0.4) is 0 Å². The van der Waals surface area contributed by atoms with Crippen molar-refractivity contribution in [1.29, 1.82) is 0 Å². The summed E-state index contributed by atoms with van der Waals surface area (Å²) in [6.07, 6.45) is 0.966. The molecule has 0 aliphatic rings. The molecule has 4 heteroatoms. The summed E-state index contributed by atoms with van der Waals surface area (Å²) in [7, 11) is 4.02. The van der Waals surface area contributed by atoms with E-state index in [1.54, 1.807) is 0 Å². The van der Waals surface area contributed by atoms with Gasteiger partial charge in [-0.25, -0.2) is 4.98 Å². The van der Waals surface area contributed by atoms with Crippen LogP contribution >= 0.6 is 15.9 Å². The van der Waals surface area contributed by atoms with Gasteiger partial charge in [-0.3, -0.25) is 0 Å². The fourth-order valence-electron chi connectivity index (χ4n) is 1.86. The first-order valence-electron chi connectivity index (χ1n) is 5.65. The highest BCUT2D eigenvalue weighted by Crippen LogP contribution is 2.24. The van der Waals surface area contributed by atoms with E-state index < -0.39 is 0 Å². The maximum absolute atomic E-state index is 4.59. The first-order valence-corrected chi connectivity index (χ1v) is 6.44. The summed E-state index contributed by atoms with van der Waals surface area (Å²) in [6, 6.07) is 10.2. The Morgan fingerprint density at radius 3 is 2.65 bits per heavy atom. The van der Waals surface area contributed by atoms with Crippen LogP contribution in [-0.2, 0) is 13.5 Å². The molecule has 0 saturated carbocycles. The van der Waals surface area contributed by atoms with E-state index in [1.807, 2.05) is 25.2 Å². The number of nitrogens with one attached hydrogen (secondary N) is 1. The van der Waals surface area contributed by atoms with Crippen molar-refractivity contribution in [2.75, 3.05) is 13.6 Å². The van der Waals surface area contributed by atoms with Gasteiger partial charge in [-0.05, 0) is 23.0 Å². The van der Waals surface area contributed by atoms with E-state index >= 15 is 0 Å². The Bertz CT molecular complexity index is 491. The van der Waals surface area contributed by atoms with Gasteiger partial charge in [-0.1, -0.05) is 30.3 Å². The molecule has 0 amide bonds. The second-order valence-electron chi connectivity index (χ2n) is 3.95. The Kier molecular flexibility index (Phi) is 3.97. The van der Waals surface area contributed by atoms with Crippen molar-refractivity contribution < 1.29 is 0 Å². The molecule has 90 valence electrons. The quantitative estimate of drug-likeness (QED) is 0.939. The Hall–Kier alpha value is -1.13. The highest BCUT2D eigenvalue weighted by atomic mass is 79.9. The van der Waals surface area contributed by atoms with Crippen molar-refractivity contribution in [2.45, 2.75) is 6.42 Å². The fourth-order valence-corrected chi connectivity index (χ4v) is 2.49. The van der Waals surface area contributed by atoms with Crippen LogP contribution < -0.4 is 5.32 Å². The van der Waals surface area contributed by atoms with E-state index in [0.29, 0.717) is 0 Å². The van der Waals surface area contributed by atoms with Crippen molar-refractivity contribution in [3.8, 4) is 11.4 Å². The second kappa shape index (κ2) is 5.47. The predicted molar refractivity (Wildman–Crippen MR) is 74.0 cm³/mol. The number of benzene rings is 1. The van der Waals surface area contributed by atoms with E-state index in [9.17, 15) is 0 Å². The third-order valence-corrected chi connectivity index (χ3v) is 3.44. The van der Waals surface area contributed by atoms with Crippen LogP contribution in [0.2, 0.25) is 0 Å². The monoisotopic (exact) mass is 293 g/mol. The summed E-state index contributed by atoms with van der Waals surface area (Å²) in [5, 5.41) is 3.16. The molecule has 0 spiro atoms. The standard InChI is InChI=1S/C13H16BrN3/c1-15-9-8-11-12(14)16-13(17(11)2)10-6-4-3-5-7-10/h3-7,15H,8-9H2,1-2H3. The van der Waals surface area contributed by atoms with Crippen molar-refractivity contribution in [2.24, 2.45) is 7.05 Å². The van der Waals surface area contributed by atoms with E-state index in [1.165, 1.54) is 5.69 Å². The third kappa shape index (κ3) is 2.58. The summed E-state index contributed by atoms with van der Waals surface area (Å²) < 4.78 is 3.09. The molecule has 0 atom stereocenters. The smallest absolute Gasteiger partial charge is 0.141 e. The van der Waals surface area contributed by atoms with Crippen LogP contribution in [0.1, 0.15) is 5.69 Å². The molecule has 0 fully saturated rings. The van der Waals surface area contributed by atoms with Gasteiger partial charge < -0.3 is 9.88 Å². The predicted octanol–water partition coefficient (Wildman–Crippen LogP) is 2.61. The molecule has 0 aliphatic heterocycles. The maximum atomic E-state index is 4.59. The van der Waals surface area contributed by atoms with Crippen molar-refractivity contribution in [1.82, 2.24) is 14.9 Å². The van der Waals surface area contributed by atoms with Gasteiger partial charge in [0.15, 0.2) is 0 Å². The van der Waals surface area contributed by atoms with Crippen LogP contribution in [0.5, 0.6) is 0 Å². The first kappa shape index (κ1) is 12.3. The van der Waals surface area contributed by atoms with E-state index in [-0.39, 0.29) is 0 Å². The Morgan fingerprint density at radius 2 is 2.00 bits per heavy atom. The van der Waals surface area contributed by atoms with Gasteiger partial charge in [0.25, 0.3) is 0 Å². The van der Waals surface area contributed by atoms with Crippen LogP contribution in [-0.4, -0.2) is 23.1 Å². The highest BCUT2D eigenvalue weighted by molar-refractivity contribution is 9.10. The molecule has 0 bridgehead atoms. The molecule has 0 radical (unpaired) electrons. The number of halogens is 1. The molecular weight excluding hydrogens is 278 g/mol. The van der Waals surface area contributed by atoms with Gasteiger partial charge >= 0.3 is 0 Å². The lowest BCUT2D eigenvalue weighted by Crippen LogP contribution is -2.12. The normalized spacial score (nSPS) is 10.8. The molecule has 1 aromatic heterocycles. The molecule has 0 saturated heterocycles. The molecular formula is C13H16BrN3. The Morgan fingerprint density at radius 1 is 1.29 bits per heavy atom. The largest absolute Gasteiger partial charge is 0.330 e. The number of nitrogens with zero attached hydrogens (tertiary/aromatic N) is 2. The first-order chi connectivity index (χ1) is 8.24. The molecule has 3 nitrogen and oxygen atoms in total. The topological polar surface area (TPSA) is 29.9 Å². The van der Waals surface area contributed by atoms with Gasteiger partial charge in [0.2, 0.25) is 0 Å². The van der Waals surface area contributed by atoms with E-state index in [4.69, 9.17) is 0 Å². The lowest BCUT2D eigenvalue weighted by molar-refractivity contribution is 0.738. The van der Waals surface area contributed by atoms with Gasteiger partial charge in [-0.2, -0.15) is 0 Å². The van der Waals surface area contributed by atoms with Crippen LogP contribution in [0, 0.1) is 0 Å². The number of aromatic nitrogens is 2. The summed E-state index contributed by atoms with van der Waals surface area (Å²) in [4.78, 5) is 4.59. The average Bonchev–Trinajstić information content (AvgIpc) is 2.64. The number of imidazole rings is 1. The number of hydrogen-bond donors (Lipinski definition) is 1. The van der Waals surface area contributed by atoms with Crippen LogP contribution in [0.4, 0.5) is 0 Å². The SMILES string of the molecule is CNCCc1c(Br)nc(-c2ccccc2)n1C. The maximum Gasteiger partial charge on any atom is 0.141 e. The molecule has 2 rings (SSSR count). The van der Waals surface area contributed by atoms with Crippen LogP contribution in [0.25, 0.3) is 11.4 Å². The lowest BCUT2D eigenvalue weighted by Gasteiger charge is -2.05. The van der Waals surface area contributed by atoms with Gasteiger partial charge in [-0.15, -0.1) is 0 Å². The zero-order valence-corrected chi connectivity index (χ0v) is 11.7. The summed E-state index contributed by atoms with van der Waals surface area (Å²) >= 11 is 3.54. The van der Waals surface area contributed by atoms with E-state index in [2.05, 4.69) is 50.0 Å².